The van der Waals surface area contributed by atoms with Crippen molar-refractivity contribution < 1.29 is 4.73 Å². The molecule has 0 spiro atoms. The van der Waals surface area contributed by atoms with Crippen LogP contribution in [0, 0.1) is 19.1 Å². The molecular formula is C17H15NO. The molecule has 0 saturated heterocycles. The third kappa shape index (κ3) is 1.95. The first kappa shape index (κ1) is 11.7. The summed E-state index contributed by atoms with van der Waals surface area (Å²) in [6.45, 7) is 3.89. The van der Waals surface area contributed by atoms with Crippen molar-refractivity contribution in [3.8, 4) is 11.1 Å². The van der Waals surface area contributed by atoms with Crippen molar-refractivity contribution in [3.63, 3.8) is 0 Å². The average molecular weight is 249 g/mol. The van der Waals surface area contributed by atoms with E-state index in [-0.39, 0.29) is 0 Å². The van der Waals surface area contributed by atoms with E-state index in [0.29, 0.717) is 5.69 Å². The number of hydrogen-bond donors (Lipinski definition) is 0. The van der Waals surface area contributed by atoms with E-state index in [1.54, 1.807) is 0 Å². The molecule has 0 atom stereocenters. The molecule has 0 radical (unpaired) electrons. The summed E-state index contributed by atoms with van der Waals surface area (Å²) in [6, 6.07) is 18.1. The number of hydrogen-bond acceptors (Lipinski definition) is 1. The molecule has 0 unspecified atom stereocenters. The SMILES string of the molecule is Cc1cc(-c2ccccc2)c2c(ccc(C)[n+]2[O-])c1. The van der Waals surface area contributed by atoms with Crippen LogP contribution in [0.25, 0.3) is 22.0 Å². The van der Waals surface area contributed by atoms with E-state index in [0.717, 1.165) is 32.3 Å². The summed E-state index contributed by atoms with van der Waals surface area (Å²) in [5.41, 5.74) is 4.70. The van der Waals surface area contributed by atoms with Crippen molar-refractivity contribution >= 4 is 10.9 Å². The lowest BCUT2D eigenvalue weighted by atomic mass is 9.99. The first-order valence-corrected chi connectivity index (χ1v) is 6.36. The summed E-state index contributed by atoms with van der Waals surface area (Å²) in [6.07, 6.45) is 0. The van der Waals surface area contributed by atoms with Crippen molar-refractivity contribution in [2.24, 2.45) is 0 Å². The maximum Gasteiger partial charge on any atom is 0.231 e. The number of nitrogens with zero attached hydrogens (tertiary/aromatic N) is 1. The molecule has 3 rings (SSSR count). The molecule has 0 saturated carbocycles. The van der Waals surface area contributed by atoms with Gasteiger partial charge in [-0.3, -0.25) is 0 Å². The van der Waals surface area contributed by atoms with Gasteiger partial charge in [-0.15, -0.1) is 0 Å². The van der Waals surface area contributed by atoms with Crippen molar-refractivity contribution in [3.05, 3.63) is 71.1 Å². The van der Waals surface area contributed by atoms with Crippen LogP contribution in [0.1, 0.15) is 11.3 Å². The van der Waals surface area contributed by atoms with Gasteiger partial charge in [0.25, 0.3) is 0 Å². The van der Waals surface area contributed by atoms with E-state index < -0.39 is 0 Å². The zero-order valence-electron chi connectivity index (χ0n) is 11.1. The molecule has 2 heteroatoms. The number of aromatic nitrogens is 1. The summed E-state index contributed by atoms with van der Waals surface area (Å²) in [7, 11) is 0. The highest BCUT2D eigenvalue weighted by molar-refractivity contribution is 5.92. The van der Waals surface area contributed by atoms with E-state index >= 15 is 0 Å². The Kier molecular flexibility index (Phi) is 2.71. The molecule has 94 valence electrons. The molecule has 1 aromatic heterocycles. The normalized spacial score (nSPS) is 10.8. The molecule has 0 aliphatic heterocycles. The second-order valence-electron chi connectivity index (χ2n) is 4.89. The van der Waals surface area contributed by atoms with Gasteiger partial charge in [-0.2, -0.15) is 4.73 Å². The van der Waals surface area contributed by atoms with E-state index in [1.807, 2.05) is 49.4 Å². The zero-order valence-corrected chi connectivity index (χ0v) is 11.1. The average Bonchev–Trinajstić information content (AvgIpc) is 2.43. The van der Waals surface area contributed by atoms with Gasteiger partial charge in [0.05, 0.1) is 5.56 Å². The van der Waals surface area contributed by atoms with Crippen LogP contribution < -0.4 is 4.73 Å². The Balaban J connectivity index is 2.44. The predicted octanol–water partition coefficient (Wildman–Crippen LogP) is 3.76. The molecule has 2 nitrogen and oxygen atoms in total. The summed E-state index contributed by atoms with van der Waals surface area (Å²) >= 11 is 0. The van der Waals surface area contributed by atoms with E-state index in [9.17, 15) is 5.21 Å². The Morgan fingerprint density at radius 3 is 2.37 bits per heavy atom. The van der Waals surface area contributed by atoms with Gasteiger partial charge in [0.1, 0.15) is 0 Å². The van der Waals surface area contributed by atoms with Gasteiger partial charge in [-0.1, -0.05) is 30.3 Å². The van der Waals surface area contributed by atoms with Gasteiger partial charge in [0, 0.05) is 18.4 Å². The highest BCUT2D eigenvalue weighted by Gasteiger charge is 2.14. The first-order valence-electron chi connectivity index (χ1n) is 6.36. The van der Waals surface area contributed by atoms with Gasteiger partial charge in [-0.05, 0) is 36.2 Å². The van der Waals surface area contributed by atoms with Crippen molar-refractivity contribution in [2.45, 2.75) is 13.8 Å². The third-order valence-corrected chi connectivity index (χ3v) is 3.40. The van der Waals surface area contributed by atoms with Crippen LogP contribution in [0.4, 0.5) is 0 Å². The molecule has 0 amide bonds. The van der Waals surface area contributed by atoms with Crippen LogP contribution in [0.5, 0.6) is 0 Å². The summed E-state index contributed by atoms with van der Waals surface area (Å²) in [5.74, 6) is 0. The van der Waals surface area contributed by atoms with E-state index in [2.05, 4.69) is 19.1 Å². The predicted molar refractivity (Wildman–Crippen MR) is 77.8 cm³/mol. The van der Waals surface area contributed by atoms with E-state index in [1.165, 1.54) is 0 Å². The lowest BCUT2D eigenvalue weighted by Crippen LogP contribution is -2.31. The quantitative estimate of drug-likeness (QED) is 0.476. The molecule has 0 bridgehead atoms. The minimum Gasteiger partial charge on any atom is -0.618 e. The molecule has 3 aromatic rings. The van der Waals surface area contributed by atoms with Crippen molar-refractivity contribution in [2.75, 3.05) is 0 Å². The largest absolute Gasteiger partial charge is 0.618 e. The lowest BCUT2D eigenvalue weighted by molar-refractivity contribution is -0.583. The fourth-order valence-electron chi connectivity index (χ4n) is 2.45. The topological polar surface area (TPSA) is 26.9 Å². The minimum absolute atomic E-state index is 0.716. The van der Waals surface area contributed by atoms with Crippen LogP contribution in [-0.4, -0.2) is 0 Å². The Labute approximate surface area is 112 Å². The van der Waals surface area contributed by atoms with E-state index in [4.69, 9.17) is 0 Å². The first-order chi connectivity index (χ1) is 9.16. The number of pyridine rings is 1. The molecule has 0 N–H and O–H groups in total. The summed E-state index contributed by atoms with van der Waals surface area (Å²) < 4.78 is 1.02. The second-order valence-corrected chi connectivity index (χ2v) is 4.89. The Hall–Kier alpha value is -2.35. The molecule has 2 aromatic carbocycles. The number of aryl methyl sites for hydroxylation is 2. The van der Waals surface area contributed by atoms with Crippen LogP contribution >= 0.6 is 0 Å². The zero-order chi connectivity index (χ0) is 13.4. The van der Waals surface area contributed by atoms with Gasteiger partial charge in [-0.25, -0.2) is 0 Å². The van der Waals surface area contributed by atoms with Crippen LogP contribution in [0.2, 0.25) is 0 Å². The fraction of sp³-hybridized carbons (Fsp3) is 0.118. The number of rotatable bonds is 1. The summed E-state index contributed by atoms with van der Waals surface area (Å²) in [5, 5.41) is 13.3. The molecule has 1 heterocycles. The van der Waals surface area contributed by atoms with Gasteiger partial charge >= 0.3 is 0 Å². The highest BCUT2D eigenvalue weighted by atomic mass is 16.5. The molecule has 0 aliphatic rings. The molecule has 19 heavy (non-hydrogen) atoms. The van der Waals surface area contributed by atoms with Crippen molar-refractivity contribution in [1.82, 2.24) is 0 Å². The Bertz CT molecular complexity index is 748. The summed E-state index contributed by atoms with van der Waals surface area (Å²) in [4.78, 5) is 0. The van der Waals surface area contributed by atoms with Crippen molar-refractivity contribution in [1.29, 1.82) is 0 Å². The van der Waals surface area contributed by atoms with Crippen LogP contribution in [0.15, 0.2) is 54.6 Å². The standard InChI is InChI=1S/C17H15NO/c1-12-10-15-9-8-13(2)18(19)17(15)16(11-12)14-6-4-3-5-7-14/h3-11H,1-2H3. The lowest BCUT2D eigenvalue weighted by Gasteiger charge is -2.10. The molecule has 0 fully saturated rings. The van der Waals surface area contributed by atoms with Crippen LogP contribution in [0.3, 0.4) is 0 Å². The minimum atomic E-state index is 0.716. The van der Waals surface area contributed by atoms with Gasteiger partial charge in [0.15, 0.2) is 5.69 Å². The number of benzene rings is 2. The fourth-order valence-corrected chi connectivity index (χ4v) is 2.45. The Morgan fingerprint density at radius 1 is 0.895 bits per heavy atom. The van der Waals surface area contributed by atoms with Gasteiger partial charge < -0.3 is 5.21 Å². The molecular weight excluding hydrogens is 234 g/mol. The second kappa shape index (κ2) is 4.39. The monoisotopic (exact) mass is 249 g/mol. The number of fused-ring (bicyclic) bond motifs is 1. The third-order valence-electron chi connectivity index (χ3n) is 3.40. The smallest absolute Gasteiger partial charge is 0.231 e. The maximum atomic E-state index is 12.4. The van der Waals surface area contributed by atoms with Gasteiger partial charge in [0.2, 0.25) is 5.52 Å². The maximum absolute atomic E-state index is 12.4. The highest BCUT2D eigenvalue weighted by Crippen LogP contribution is 2.28. The molecule has 0 aliphatic carbocycles. The Morgan fingerprint density at radius 2 is 1.63 bits per heavy atom. The van der Waals surface area contributed by atoms with Crippen LogP contribution in [-0.2, 0) is 0 Å².